The molecule has 0 radical (unpaired) electrons. The first kappa shape index (κ1) is 13.9. The lowest BCUT2D eigenvalue weighted by Gasteiger charge is -2.02. The van der Waals surface area contributed by atoms with Crippen molar-refractivity contribution < 1.29 is 4.39 Å². The molecule has 5 nitrogen and oxygen atoms in total. The number of nitrogens with zero attached hydrogens (tertiary/aromatic N) is 3. The van der Waals surface area contributed by atoms with Gasteiger partial charge in [-0.2, -0.15) is 10.2 Å². The lowest BCUT2D eigenvalue weighted by atomic mass is 10.1. The van der Waals surface area contributed by atoms with Crippen molar-refractivity contribution in [2.45, 2.75) is 6.92 Å². The van der Waals surface area contributed by atoms with Gasteiger partial charge in [-0.05, 0) is 30.7 Å². The van der Waals surface area contributed by atoms with Gasteiger partial charge in [-0.25, -0.2) is 4.39 Å². The average Bonchev–Trinajstić information content (AvgIpc) is 2.90. The van der Waals surface area contributed by atoms with Crippen molar-refractivity contribution in [3.8, 4) is 11.3 Å². The van der Waals surface area contributed by atoms with Gasteiger partial charge in [-0.15, -0.1) is 5.11 Å². The first-order chi connectivity index (χ1) is 10.6. The number of aromatic nitrogens is 2. The molecule has 0 saturated carbocycles. The standard InChI is InChI=1S/C16H14FN5/c1-10-7-8-11(9-13(10)17)14-15(16(18)22-20-14)21-19-12-5-3-2-4-6-12/h2-9H,1H3,(H3,18,20,22). The topological polar surface area (TPSA) is 79.4 Å². The molecule has 0 bridgehead atoms. The number of H-pyrrole nitrogens is 1. The van der Waals surface area contributed by atoms with Crippen LogP contribution >= 0.6 is 0 Å². The van der Waals surface area contributed by atoms with Crippen LogP contribution in [0.15, 0.2) is 58.8 Å². The number of anilines is 1. The van der Waals surface area contributed by atoms with Crippen LogP contribution in [0.4, 0.5) is 21.6 Å². The van der Waals surface area contributed by atoms with Crippen molar-refractivity contribution in [3.63, 3.8) is 0 Å². The highest BCUT2D eigenvalue weighted by Gasteiger charge is 2.13. The van der Waals surface area contributed by atoms with Crippen LogP contribution in [0.2, 0.25) is 0 Å². The monoisotopic (exact) mass is 295 g/mol. The summed E-state index contributed by atoms with van der Waals surface area (Å²) in [5, 5.41) is 15.0. The molecule has 0 aliphatic carbocycles. The van der Waals surface area contributed by atoms with E-state index in [1.165, 1.54) is 6.07 Å². The predicted molar refractivity (Wildman–Crippen MR) is 83.7 cm³/mol. The maximum absolute atomic E-state index is 13.7. The van der Waals surface area contributed by atoms with Crippen molar-refractivity contribution in [3.05, 3.63) is 59.9 Å². The summed E-state index contributed by atoms with van der Waals surface area (Å²) in [6, 6.07) is 14.2. The van der Waals surface area contributed by atoms with E-state index in [0.717, 1.165) is 0 Å². The second-order valence-corrected chi connectivity index (χ2v) is 4.83. The van der Waals surface area contributed by atoms with Crippen LogP contribution < -0.4 is 5.73 Å². The molecule has 0 aliphatic heterocycles. The van der Waals surface area contributed by atoms with E-state index in [1.807, 2.05) is 30.3 Å². The number of azo groups is 1. The molecule has 0 saturated heterocycles. The summed E-state index contributed by atoms with van der Waals surface area (Å²) in [5.74, 6) is -0.0766. The number of aromatic amines is 1. The SMILES string of the molecule is Cc1ccc(-c2[nH]nc(N)c2N=Nc2ccccc2)cc1F. The van der Waals surface area contributed by atoms with E-state index in [9.17, 15) is 4.39 Å². The van der Waals surface area contributed by atoms with Gasteiger partial charge in [0.05, 0.1) is 11.4 Å². The first-order valence-corrected chi connectivity index (χ1v) is 6.72. The zero-order valence-electron chi connectivity index (χ0n) is 11.9. The Balaban J connectivity index is 2.00. The van der Waals surface area contributed by atoms with Gasteiger partial charge in [-0.1, -0.05) is 30.3 Å². The van der Waals surface area contributed by atoms with Crippen LogP contribution in [0.25, 0.3) is 11.3 Å². The van der Waals surface area contributed by atoms with E-state index in [1.54, 1.807) is 19.1 Å². The van der Waals surface area contributed by atoms with Crippen LogP contribution in [0, 0.1) is 12.7 Å². The van der Waals surface area contributed by atoms with Crippen molar-refractivity contribution in [1.82, 2.24) is 10.2 Å². The molecule has 0 unspecified atom stereocenters. The highest BCUT2D eigenvalue weighted by Crippen LogP contribution is 2.34. The molecule has 0 amide bonds. The fourth-order valence-electron chi connectivity index (χ4n) is 2.00. The molecule has 1 aromatic heterocycles. The summed E-state index contributed by atoms with van der Waals surface area (Å²) in [6.45, 7) is 1.70. The molecular weight excluding hydrogens is 281 g/mol. The van der Waals surface area contributed by atoms with Gasteiger partial charge in [0.15, 0.2) is 11.5 Å². The molecule has 110 valence electrons. The molecule has 0 fully saturated rings. The Kier molecular flexibility index (Phi) is 3.65. The van der Waals surface area contributed by atoms with Crippen molar-refractivity contribution >= 4 is 17.2 Å². The molecule has 2 aromatic carbocycles. The van der Waals surface area contributed by atoms with Crippen LogP contribution in [-0.2, 0) is 0 Å². The number of nitrogen functional groups attached to an aromatic ring is 1. The largest absolute Gasteiger partial charge is 0.380 e. The van der Waals surface area contributed by atoms with Crippen LogP contribution in [0.1, 0.15) is 5.56 Å². The van der Waals surface area contributed by atoms with E-state index in [-0.39, 0.29) is 11.6 Å². The number of aryl methyl sites for hydroxylation is 1. The molecule has 0 spiro atoms. The van der Waals surface area contributed by atoms with Crippen LogP contribution in [-0.4, -0.2) is 10.2 Å². The Bertz CT molecular complexity index is 824. The fourth-order valence-corrected chi connectivity index (χ4v) is 2.00. The van der Waals surface area contributed by atoms with Gasteiger partial charge in [-0.3, -0.25) is 5.10 Å². The lowest BCUT2D eigenvalue weighted by Crippen LogP contribution is -1.85. The Morgan fingerprint density at radius 2 is 1.86 bits per heavy atom. The minimum atomic E-state index is -0.295. The van der Waals surface area contributed by atoms with Gasteiger partial charge >= 0.3 is 0 Å². The maximum atomic E-state index is 13.7. The number of hydrogen-bond donors (Lipinski definition) is 2. The predicted octanol–water partition coefficient (Wildman–Crippen LogP) is 4.52. The molecule has 3 N–H and O–H groups in total. The normalized spacial score (nSPS) is 11.2. The number of hydrogen-bond acceptors (Lipinski definition) is 4. The van der Waals surface area contributed by atoms with E-state index in [0.29, 0.717) is 28.2 Å². The summed E-state index contributed by atoms with van der Waals surface area (Å²) in [5.41, 5.74) is 8.65. The Labute approximate surface area is 126 Å². The van der Waals surface area contributed by atoms with E-state index in [2.05, 4.69) is 20.4 Å². The number of nitrogens with one attached hydrogen (secondary N) is 1. The lowest BCUT2D eigenvalue weighted by molar-refractivity contribution is 0.619. The Hall–Kier alpha value is -3.02. The zero-order chi connectivity index (χ0) is 15.5. The van der Waals surface area contributed by atoms with Crippen molar-refractivity contribution in [2.75, 3.05) is 5.73 Å². The molecule has 6 heteroatoms. The van der Waals surface area contributed by atoms with E-state index in [4.69, 9.17) is 5.73 Å². The van der Waals surface area contributed by atoms with Gasteiger partial charge in [0.1, 0.15) is 5.82 Å². The third-order valence-corrected chi connectivity index (χ3v) is 3.25. The zero-order valence-corrected chi connectivity index (χ0v) is 11.9. The van der Waals surface area contributed by atoms with Crippen LogP contribution in [0.5, 0.6) is 0 Å². The van der Waals surface area contributed by atoms with Gasteiger partial charge in [0.25, 0.3) is 0 Å². The summed E-state index contributed by atoms with van der Waals surface area (Å²) < 4.78 is 13.7. The van der Waals surface area contributed by atoms with E-state index >= 15 is 0 Å². The quantitative estimate of drug-likeness (QED) is 0.696. The van der Waals surface area contributed by atoms with E-state index < -0.39 is 0 Å². The fraction of sp³-hybridized carbons (Fsp3) is 0.0625. The number of benzene rings is 2. The summed E-state index contributed by atoms with van der Waals surface area (Å²) in [6.07, 6.45) is 0. The van der Waals surface area contributed by atoms with Gasteiger partial charge < -0.3 is 5.73 Å². The number of nitrogens with two attached hydrogens (primary N) is 1. The Morgan fingerprint density at radius 1 is 1.09 bits per heavy atom. The highest BCUT2D eigenvalue weighted by molar-refractivity contribution is 5.79. The number of halogens is 1. The molecule has 1 heterocycles. The molecular formula is C16H14FN5. The van der Waals surface area contributed by atoms with Crippen LogP contribution in [0.3, 0.4) is 0 Å². The average molecular weight is 295 g/mol. The van der Waals surface area contributed by atoms with Crippen molar-refractivity contribution in [1.29, 1.82) is 0 Å². The van der Waals surface area contributed by atoms with Crippen molar-refractivity contribution in [2.24, 2.45) is 10.2 Å². The maximum Gasteiger partial charge on any atom is 0.173 e. The molecule has 22 heavy (non-hydrogen) atoms. The highest BCUT2D eigenvalue weighted by atomic mass is 19.1. The molecule has 0 aliphatic rings. The van der Waals surface area contributed by atoms with Gasteiger partial charge in [0, 0.05) is 5.56 Å². The third-order valence-electron chi connectivity index (χ3n) is 3.25. The molecule has 3 aromatic rings. The second kappa shape index (κ2) is 5.77. The minimum Gasteiger partial charge on any atom is -0.380 e. The summed E-state index contributed by atoms with van der Waals surface area (Å²) in [4.78, 5) is 0. The smallest absolute Gasteiger partial charge is 0.173 e. The summed E-state index contributed by atoms with van der Waals surface area (Å²) in [7, 11) is 0. The first-order valence-electron chi connectivity index (χ1n) is 6.72. The minimum absolute atomic E-state index is 0.218. The molecule has 0 atom stereocenters. The van der Waals surface area contributed by atoms with Gasteiger partial charge in [0.2, 0.25) is 0 Å². The second-order valence-electron chi connectivity index (χ2n) is 4.83. The Morgan fingerprint density at radius 3 is 2.59 bits per heavy atom. The molecule has 3 rings (SSSR count). The third kappa shape index (κ3) is 2.71. The summed E-state index contributed by atoms with van der Waals surface area (Å²) >= 11 is 0. The number of rotatable bonds is 3.